The summed E-state index contributed by atoms with van der Waals surface area (Å²) in [6.45, 7) is 3.37. The van der Waals surface area contributed by atoms with E-state index in [9.17, 15) is 5.11 Å². The summed E-state index contributed by atoms with van der Waals surface area (Å²) in [5, 5.41) is 10.9. The fourth-order valence-electron chi connectivity index (χ4n) is 3.50. The summed E-state index contributed by atoms with van der Waals surface area (Å²) in [5.74, 6) is 0.890. The second-order valence-electron chi connectivity index (χ2n) is 5.54. The molecular weight excluding hydrogens is 240 g/mol. The van der Waals surface area contributed by atoms with E-state index in [4.69, 9.17) is 9.47 Å². The maximum absolute atomic E-state index is 10.9. The first-order valence-corrected chi connectivity index (χ1v) is 7.33. The third-order valence-corrected chi connectivity index (χ3v) is 4.42. The average molecular weight is 262 g/mol. The highest BCUT2D eigenvalue weighted by Crippen LogP contribution is 2.46. The Morgan fingerprint density at radius 1 is 1.37 bits per heavy atom. The van der Waals surface area contributed by atoms with Crippen molar-refractivity contribution in [2.75, 3.05) is 13.2 Å². The van der Waals surface area contributed by atoms with Crippen molar-refractivity contribution in [3.05, 3.63) is 29.3 Å². The Hall–Kier alpha value is -1.06. The first kappa shape index (κ1) is 12.9. The molecule has 3 nitrogen and oxygen atoms in total. The van der Waals surface area contributed by atoms with Crippen molar-refractivity contribution in [2.24, 2.45) is 0 Å². The topological polar surface area (TPSA) is 38.7 Å². The highest BCUT2D eigenvalue weighted by atomic mass is 16.5. The van der Waals surface area contributed by atoms with Gasteiger partial charge in [-0.2, -0.15) is 0 Å². The average Bonchev–Trinajstić information content (AvgIpc) is 3.06. The van der Waals surface area contributed by atoms with Gasteiger partial charge in [0.15, 0.2) is 0 Å². The molecule has 1 aliphatic heterocycles. The summed E-state index contributed by atoms with van der Waals surface area (Å²) in [6.07, 6.45) is 4.50. The Kier molecular flexibility index (Phi) is 3.50. The lowest BCUT2D eigenvalue weighted by atomic mass is 9.88. The van der Waals surface area contributed by atoms with E-state index in [1.165, 1.54) is 5.56 Å². The van der Waals surface area contributed by atoms with E-state index in [0.29, 0.717) is 6.61 Å². The van der Waals surface area contributed by atoms with Gasteiger partial charge in [-0.05, 0) is 25.3 Å². The maximum atomic E-state index is 10.9. The molecule has 1 N–H and O–H groups in total. The number of aliphatic hydroxyl groups is 1. The van der Waals surface area contributed by atoms with Gasteiger partial charge < -0.3 is 14.6 Å². The van der Waals surface area contributed by atoms with Gasteiger partial charge in [-0.1, -0.05) is 31.0 Å². The van der Waals surface area contributed by atoms with Crippen LogP contribution in [0.3, 0.4) is 0 Å². The number of hydrogen-bond donors (Lipinski definition) is 1. The molecule has 0 radical (unpaired) electrons. The molecule has 0 amide bonds. The van der Waals surface area contributed by atoms with Crippen LogP contribution in [0.2, 0.25) is 0 Å². The minimum atomic E-state index is -0.581. The van der Waals surface area contributed by atoms with Gasteiger partial charge in [0.2, 0.25) is 0 Å². The molecule has 3 rings (SSSR count). The van der Waals surface area contributed by atoms with Crippen LogP contribution in [0.1, 0.15) is 49.8 Å². The molecule has 2 aliphatic rings. The minimum Gasteiger partial charge on any atom is -0.493 e. The van der Waals surface area contributed by atoms with Gasteiger partial charge in [0.25, 0.3) is 0 Å². The van der Waals surface area contributed by atoms with Crippen molar-refractivity contribution in [1.29, 1.82) is 0 Å². The first-order chi connectivity index (χ1) is 9.27. The Morgan fingerprint density at radius 2 is 2.16 bits per heavy atom. The second-order valence-corrected chi connectivity index (χ2v) is 5.54. The van der Waals surface area contributed by atoms with Crippen LogP contribution in [0.15, 0.2) is 18.2 Å². The lowest BCUT2D eigenvalue weighted by Crippen LogP contribution is -2.36. The Labute approximate surface area is 114 Å². The molecule has 1 aromatic carbocycles. The zero-order valence-electron chi connectivity index (χ0n) is 11.5. The maximum Gasteiger partial charge on any atom is 0.128 e. The number of ether oxygens (including phenoxy) is 2. The van der Waals surface area contributed by atoms with Crippen LogP contribution in [0.4, 0.5) is 0 Å². The van der Waals surface area contributed by atoms with E-state index in [1.54, 1.807) is 0 Å². The minimum absolute atomic E-state index is 0.407. The summed E-state index contributed by atoms with van der Waals surface area (Å²) in [5.41, 5.74) is 1.71. The van der Waals surface area contributed by atoms with Gasteiger partial charge in [0.1, 0.15) is 11.9 Å². The number of rotatable bonds is 4. The summed E-state index contributed by atoms with van der Waals surface area (Å²) < 4.78 is 11.7. The third kappa shape index (κ3) is 2.15. The van der Waals surface area contributed by atoms with Crippen molar-refractivity contribution >= 4 is 0 Å². The van der Waals surface area contributed by atoms with Gasteiger partial charge in [0.05, 0.1) is 12.2 Å². The normalized spacial score (nSPS) is 22.0. The van der Waals surface area contributed by atoms with Crippen LogP contribution < -0.4 is 4.74 Å². The van der Waals surface area contributed by atoms with Crippen molar-refractivity contribution in [1.82, 2.24) is 0 Å². The molecule has 3 heteroatoms. The lowest BCUT2D eigenvalue weighted by Gasteiger charge is -2.34. The summed E-state index contributed by atoms with van der Waals surface area (Å²) >= 11 is 0. The summed E-state index contributed by atoms with van der Waals surface area (Å²) in [4.78, 5) is 0. The fourth-order valence-corrected chi connectivity index (χ4v) is 3.50. The predicted molar refractivity (Wildman–Crippen MR) is 73.4 cm³/mol. The Bertz CT molecular complexity index is 449. The predicted octanol–water partition coefficient (Wildman–Crippen LogP) is 3.00. The summed E-state index contributed by atoms with van der Waals surface area (Å²) in [6, 6.07) is 6.08. The Morgan fingerprint density at radius 3 is 2.89 bits per heavy atom. The molecule has 0 bridgehead atoms. The molecule has 0 aromatic heterocycles. The lowest BCUT2D eigenvalue weighted by molar-refractivity contribution is -0.119. The number of hydrogen-bond acceptors (Lipinski definition) is 3. The van der Waals surface area contributed by atoms with E-state index in [-0.39, 0.29) is 0 Å². The zero-order chi connectivity index (χ0) is 13.3. The van der Waals surface area contributed by atoms with E-state index < -0.39 is 11.7 Å². The van der Waals surface area contributed by atoms with Crippen molar-refractivity contribution in [2.45, 2.75) is 50.7 Å². The van der Waals surface area contributed by atoms with Crippen molar-refractivity contribution < 1.29 is 14.6 Å². The molecule has 1 aliphatic carbocycles. The van der Waals surface area contributed by atoms with Crippen LogP contribution in [0.5, 0.6) is 5.75 Å². The number of para-hydroxylation sites is 1. The van der Waals surface area contributed by atoms with Gasteiger partial charge in [0, 0.05) is 18.6 Å². The molecule has 104 valence electrons. The standard InChI is InChI=1S/C16H22O3/c1-2-19-16(9-3-4-10-16)15(17)13-7-5-6-12-8-11-18-14(12)13/h5-7,15,17H,2-4,8-11H2,1H3. The van der Waals surface area contributed by atoms with Crippen LogP contribution >= 0.6 is 0 Å². The van der Waals surface area contributed by atoms with E-state index in [2.05, 4.69) is 6.07 Å². The van der Waals surface area contributed by atoms with Gasteiger partial charge in [-0.25, -0.2) is 0 Å². The molecule has 1 atom stereocenters. The molecule has 1 saturated carbocycles. The van der Waals surface area contributed by atoms with E-state index >= 15 is 0 Å². The monoisotopic (exact) mass is 262 g/mol. The number of aliphatic hydroxyl groups excluding tert-OH is 1. The zero-order valence-corrected chi connectivity index (χ0v) is 11.5. The van der Waals surface area contributed by atoms with Crippen LogP contribution in [-0.2, 0) is 11.2 Å². The van der Waals surface area contributed by atoms with Crippen molar-refractivity contribution in [3.8, 4) is 5.75 Å². The third-order valence-electron chi connectivity index (χ3n) is 4.42. The molecule has 1 unspecified atom stereocenters. The van der Waals surface area contributed by atoms with Gasteiger partial charge >= 0.3 is 0 Å². The highest BCUT2D eigenvalue weighted by Gasteiger charge is 2.43. The van der Waals surface area contributed by atoms with Gasteiger partial charge in [-0.3, -0.25) is 0 Å². The van der Waals surface area contributed by atoms with E-state index in [0.717, 1.165) is 50.0 Å². The fraction of sp³-hybridized carbons (Fsp3) is 0.625. The van der Waals surface area contributed by atoms with Crippen LogP contribution in [0.25, 0.3) is 0 Å². The molecule has 1 fully saturated rings. The first-order valence-electron chi connectivity index (χ1n) is 7.33. The molecular formula is C16H22O3. The highest BCUT2D eigenvalue weighted by molar-refractivity contribution is 5.46. The molecule has 0 saturated heterocycles. The smallest absolute Gasteiger partial charge is 0.128 e. The molecule has 1 aromatic rings. The van der Waals surface area contributed by atoms with Gasteiger partial charge in [-0.15, -0.1) is 0 Å². The Balaban J connectivity index is 1.94. The largest absolute Gasteiger partial charge is 0.493 e. The number of fused-ring (bicyclic) bond motifs is 1. The quantitative estimate of drug-likeness (QED) is 0.906. The van der Waals surface area contributed by atoms with Crippen LogP contribution in [-0.4, -0.2) is 23.9 Å². The van der Waals surface area contributed by atoms with Crippen molar-refractivity contribution in [3.63, 3.8) is 0 Å². The van der Waals surface area contributed by atoms with E-state index in [1.807, 2.05) is 19.1 Å². The number of benzene rings is 1. The summed E-state index contributed by atoms with van der Waals surface area (Å²) in [7, 11) is 0. The molecule has 19 heavy (non-hydrogen) atoms. The molecule has 1 heterocycles. The SMILES string of the molecule is CCOC1(C(O)c2cccc3c2OCC3)CCCC1. The second kappa shape index (κ2) is 5.14. The molecule has 0 spiro atoms. The van der Waals surface area contributed by atoms with Crippen LogP contribution in [0, 0.1) is 0 Å².